The van der Waals surface area contributed by atoms with Crippen molar-refractivity contribution in [3.05, 3.63) is 63.0 Å². The lowest BCUT2D eigenvalue weighted by Gasteiger charge is -2.28. The largest absolute Gasteiger partial charge is 0.496 e. The van der Waals surface area contributed by atoms with E-state index < -0.39 is 28.5 Å². The van der Waals surface area contributed by atoms with E-state index in [1.165, 1.54) is 31.4 Å². The predicted octanol–water partition coefficient (Wildman–Crippen LogP) is 3.12. The third kappa shape index (κ3) is 5.61. The topological polar surface area (TPSA) is 131 Å². The Morgan fingerprint density at radius 2 is 1.91 bits per heavy atom. The molecule has 3 amide bonds. The van der Waals surface area contributed by atoms with Crippen molar-refractivity contribution in [2.45, 2.75) is 0 Å². The number of nitrogens with one attached hydrogen (secondary N) is 1. The van der Waals surface area contributed by atoms with Crippen LogP contribution >= 0.6 is 11.8 Å². The molecule has 0 spiro atoms. The summed E-state index contributed by atoms with van der Waals surface area (Å²) >= 11 is 0.654. The number of nitro benzene ring substituents is 1. The molecule has 0 aromatic heterocycles. The number of carbonyl (C=O) groups is 3. The second-order valence-electron chi connectivity index (χ2n) is 7.65. The molecule has 2 aromatic carbocycles. The average molecular weight is 499 g/mol. The van der Waals surface area contributed by atoms with E-state index >= 15 is 0 Å². The van der Waals surface area contributed by atoms with Crippen LogP contribution in [0.4, 0.5) is 21.9 Å². The Morgan fingerprint density at radius 1 is 1.20 bits per heavy atom. The number of non-ortho nitro benzene ring substituents is 1. The van der Waals surface area contributed by atoms with Crippen LogP contribution in [0.25, 0.3) is 6.08 Å². The molecule has 0 atom stereocenters. The molecule has 0 radical (unpaired) electrons. The molecule has 35 heavy (non-hydrogen) atoms. The molecular weight excluding hydrogens is 476 g/mol. The zero-order chi connectivity index (χ0) is 24.9. The summed E-state index contributed by atoms with van der Waals surface area (Å²) in [6.07, 6.45) is 1.35. The third-order valence-electron chi connectivity index (χ3n) is 5.41. The van der Waals surface area contributed by atoms with Gasteiger partial charge in [0, 0.05) is 42.2 Å². The van der Waals surface area contributed by atoms with Crippen LogP contribution in [0.1, 0.15) is 5.56 Å². The van der Waals surface area contributed by atoms with Gasteiger partial charge < -0.3 is 19.7 Å². The summed E-state index contributed by atoms with van der Waals surface area (Å²) in [5.41, 5.74) is 1.64. The molecule has 12 heteroatoms. The highest BCUT2D eigenvalue weighted by atomic mass is 32.2. The number of amides is 3. The van der Waals surface area contributed by atoms with Gasteiger partial charge in [-0.05, 0) is 48.2 Å². The number of benzene rings is 2. The van der Waals surface area contributed by atoms with Gasteiger partial charge >= 0.3 is 0 Å². The van der Waals surface area contributed by atoms with Crippen LogP contribution < -0.4 is 15.0 Å². The highest BCUT2D eigenvalue weighted by Crippen LogP contribution is 2.35. The first-order chi connectivity index (χ1) is 16.9. The van der Waals surface area contributed by atoms with Gasteiger partial charge in [0.2, 0.25) is 5.91 Å². The number of methoxy groups -OCH3 is 1. The van der Waals surface area contributed by atoms with E-state index in [-0.39, 0.29) is 16.2 Å². The molecule has 4 rings (SSSR count). The average Bonchev–Trinajstić information content (AvgIpc) is 3.12. The molecular formula is C23H22N4O7S. The number of imide groups is 1. The van der Waals surface area contributed by atoms with Crippen molar-refractivity contribution >= 4 is 52.0 Å². The van der Waals surface area contributed by atoms with Crippen molar-refractivity contribution in [2.24, 2.45) is 0 Å². The molecule has 11 nitrogen and oxygen atoms in total. The number of hydrogen-bond donors (Lipinski definition) is 1. The van der Waals surface area contributed by atoms with Crippen molar-refractivity contribution < 1.29 is 28.8 Å². The van der Waals surface area contributed by atoms with Crippen LogP contribution in [0.15, 0.2) is 47.4 Å². The molecule has 2 heterocycles. The van der Waals surface area contributed by atoms with Gasteiger partial charge in [0.1, 0.15) is 12.3 Å². The molecule has 0 saturated carbocycles. The quantitative estimate of drug-likeness (QED) is 0.347. The Balaban J connectivity index is 1.42. The summed E-state index contributed by atoms with van der Waals surface area (Å²) in [7, 11) is 1.39. The molecule has 2 aliphatic heterocycles. The van der Waals surface area contributed by atoms with Crippen molar-refractivity contribution in [1.82, 2.24) is 4.90 Å². The fourth-order valence-electron chi connectivity index (χ4n) is 3.65. The van der Waals surface area contributed by atoms with Gasteiger partial charge in [-0.3, -0.25) is 29.4 Å². The molecule has 2 aliphatic rings. The zero-order valence-electron chi connectivity index (χ0n) is 18.8. The van der Waals surface area contributed by atoms with E-state index in [2.05, 4.69) is 10.2 Å². The summed E-state index contributed by atoms with van der Waals surface area (Å²) in [4.78, 5) is 51.3. The fourth-order valence-corrected chi connectivity index (χ4v) is 4.48. The monoisotopic (exact) mass is 498 g/mol. The number of nitrogens with zero attached hydrogens (tertiary/aromatic N) is 3. The van der Waals surface area contributed by atoms with Gasteiger partial charge in [-0.2, -0.15) is 0 Å². The first kappa shape index (κ1) is 24.2. The second kappa shape index (κ2) is 10.6. The van der Waals surface area contributed by atoms with Crippen LogP contribution in [0.3, 0.4) is 0 Å². The van der Waals surface area contributed by atoms with Crippen molar-refractivity contribution in [2.75, 3.05) is 50.2 Å². The normalized spacial score (nSPS) is 17.1. The maximum atomic E-state index is 12.8. The van der Waals surface area contributed by atoms with E-state index in [4.69, 9.17) is 9.47 Å². The van der Waals surface area contributed by atoms with E-state index in [0.717, 1.165) is 23.7 Å². The second-order valence-corrected chi connectivity index (χ2v) is 8.64. The predicted molar refractivity (Wildman–Crippen MR) is 130 cm³/mol. The number of thioether (sulfide) groups is 1. The number of anilines is 2. The van der Waals surface area contributed by atoms with Crippen LogP contribution in [0.5, 0.6) is 5.75 Å². The van der Waals surface area contributed by atoms with Gasteiger partial charge in [-0.15, -0.1) is 0 Å². The minimum absolute atomic E-state index is 0.0384. The standard InChI is InChI=1S/C23H22N4O7S/c1-33-19-7-6-18(27(31)32)12-15(19)13-20-22(29)26(23(30)35-20)14-21(28)24-16-2-4-17(5-3-16)25-8-10-34-11-9-25/h2-7,12-13H,8-11,14H2,1H3,(H,24,28)/b20-13+. The number of rotatable bonds is 7. The number of hydrogen-bond acceptors (Lipinski definition) is 9. The van der Waals surface area contributed by atoms with Gasteiger partial charge in [0.25, 0.3) is 16.8 Å². The lowest BCUT2D eigenvalue weighted by Crippen LogP contribution is -2.36. The number of morpholine rings is 1. The highest BCUT2D eigenvalue weighted by molar-refractivity contribution is 8.18. The maximum absolute atomic E-state index is 12.8. The summed E-state index contributed by atoms with van der Waals surface area (Å²) in [5.74, 6) is -0.882. The Morgan fingerprint density at radius 3 is 2.57 bits per heavy atom. The van der Waals surface area contributed by atoms with Gasteiger partial charge in [0.05, 0.1) is 30.2 Å². The molecule has 182 valence electrons. The first-order valence-corrected chi connectivity index (χ1v) is 11.5. The minimum atomic E-state index is -0.661. The SMILES string of the molecule is COc1ccc([N+](=O)[O-])cc1/C=C1/SC(=O)N(CC(=O)Nc2ccc(N3CCOCC3)cc2)C1=O. The number of carbonyl (C=O) groups excluding carboxylic acids is 3. The summed E-state index contributed by atoms with van der Waals surface area (Å²) in [5, 5.41) is 13.2. The van der Waals surface area contributed by atoms with E-state index in [9.17, 15) is 24.5 Å². The Hall–Kier alpha value is -3.90. The number of nitro groups is 1. The maximum Gasteiger partial charge on any atom is 0.294 e. The van der Waals surface area contributed by atoms with E-state index in [1.54, 1.807) is 12.1 Å². The van der Waals surface area contributed by atoms with Crippen molar-refractivity contribution in [3.63, 3.8) is 0 Å². The molecule has 0 unspecified atom stereocenters. The van der Waals surface area contributed by atoms with Gasteiger partial charge in [-0.1, -0.05) is 0 Å². The fraction of sp³-hybridized carbons (Fsp3) is 0.261. The summed E-state index contributed by atoms with van der Waals surface area (Å²) < 4.78 is 10.5. The zero-order valence-corrected chi connectivity index (χ0v) is 19.6. The van der Waals surface area contributed by atoms with Crippen LogP contribution in [0.2, 0.25) is 0 Å². The van der Waals surface area contributed by atoms with Crippen LogP contribution in [-0.2, 0) is 14.3 Å². The van der Waals surface area contributed by atoms with Crippen molar-refractivity contribution in [3.8, 4) is 5.75 Å². The Kier molecular flexibility index (Phi) is 7.32. The molecule has 0 bridgehead atoms. The Bertz CT molecular complexity index is 1190. The Labute approximate surface area is 204 Å². The van der Waals surface area contributed by atoms with Crippen LogP contribution in [0, 0.1) is 10.1 Å². The molecule has 0 aliphatic carbocycles. The van der Waals surface area contributed by atoms with Crippen molar-refractivity contribution in [1.29, 1.82) is 0 Å². The first-order valence-electron chi connectivity index (χ1n) is 10.7. The highest BCUT2D eigenvalue weighted by Gasteiger charge is 2.36. The minimum Gasteiger partial charge on any atom is -0.496 e. The van der Waals surface area contributed by atoms with Gasteiger partial charge in [-0.25, -0.2) is 0 Å². The molecule has 1 N–H and O–H groups in total. The molecule has 2 saturated heterocycles. The van der Waals surface area contributed by atoms with Gasteiger partial charge in [0.15, 0.2) is 0 Å². The lowest BCUT2D eigenvalue weighted by molar-refractivity contribution is -0.384. The summed E-state index contributed by atoms with van der Waals surface area (Å²) in [6.45, 7) is 2.46. The smallest absolute Gasteiger partial charge is 0.294 e. The molecule has 2 aromatic rings. The van der Waals surface area contributed by atoms with Crippen LogP contribution in [-0.4, -0.2) is 66.8 Å². The lowest BCUT2D eigenvalue weighted by atomic mass is 10.1. The third-order valence-corrected chi connectivity index (χ3v) is 6.32. The number of ether oxygens (including phenoxy) is 2. The van der Waals surface area contributed by atoms with E-state index in [0.29, 0.717) is 36.4 Å². The molecule has 2 fully saturated rings. The van der Waals surface area contributed by atoms with E-state index in [1.807, 2.05) is 12.1 Å². The summed E-state index contributed by atoms with van der Waals surface area (Å²) in [6, 6.07) is 11.2.